The topological polar surface area (TPSA) is 189 Å². The van der Waals surface area contributed by atoms with Gasteiger partial charge >= 0.3 is 0 Å². The van der Waals surface area contributed by atoms with Gasteiger partial charge in [-0.3, -0.25) is 4.79 Å². The number of carbonyl (C=O) groups excluding carboxylic acids is 1. The van der Waals surface area contributed by atoms with Gasteiger partial charge in [0.15, 0.2) is 6.29 Å². The van der Waals surface area contributed by atoms with Crippen molar-refractivity contribution in [3.05, 3.63) is 0 Å². The van der Waals surface area contributed by atoms with Gasteiger partial charge in [-0.05, 0) is 18.8 Å². The molecule has 1 saturated heterocycles. The smallest absolute Gasteiger partial charge is 0.249 e. The molecule has 0 spiro atoms. The van der Waals surface area contributed by atoms with Crippen molar-refractivity contribution < 1.29 is 50.0 Å². The molecule has 0 aromatic rings. The molecule has 8 N–H and O–H groups in total. The van der Waals surface area contributed by atoms with E-state index in [1.165, 1.54) is 148 Å². The summed E-state index contributed by atoms with van der Waals surface area (Å²) in [4.78, 5) is 13.1. The zero-order valence-electron chi connectivity index (χ0n) is 38.2. The summed E-state index contributed by atoms with van der Waals surface area (Å²) in [5.41, 5.74) is 0. The standard InChI is InChI=1S/C48H95NO10/c1-4-6-8-10-12-14-15-16-17-18-19-20-21-22-23-24-26-28-30-32-34-40(51)47(57)49-39(37-58-48-46(56)45(55)44(54)42(36-50)59-48)43(53)41(52)35-38(3)33-31-29-27-25-13-11-9-7-5-2/h38-46,48,50-56H,4-37H2,1-3H3,(H,49,57)/t38?,39-,40+,41+,42+,43-,44+,45-,46+,48-/m0/s1. The maximum Gasteiger partial charge on any atom is 0.249 e. The predicted molar refractivity (Wildman–Crippen MR) is 238 cm³/mol. The van der Waals surface area contributed by atoms with E-state index in [4.69, 9.17) is 9.47 Å². The minimum absolute atomic E-state index is 0.122. The summed E-state index contributed by atoms with van der Waals surface area (Å²) in [7, 11) is 0. The molecule has 0 radical (unpaired) electrons. The summed E-state index contributed by atoms with van der Waals surface area (Å²) in [5, 5.41) is 76.1. The van der Waals surface area contributed by atoms with E-state index in [0.717, 1.165) is 38.5 Å². The van der Waals surface area contributed by atoms with Crippen LogP contribution < -0.4 is 5.32 Å². The maximum atomic E-state index is 13.1. The van der Waals surface area contributed by atoms with Crippen molar-refractivity contribution in [2.75, 3.05) is 13.2 Å². The fourth-order valence-electron chi connectivity index (χ4n) is 8.37. The monoisotopic (exact) mass is 846 g/mol. The van der Waals surface area contributed by atoms with Crippen LogP contribution in [0.3, 0.4) is 0 Å². The first-order valence-electron chi connectivity index (χ1n) is 24.8. The Labute approximate surface area is 360 Å². The molecule has 1 amide bonds. The number of nitrogens with one attached hydrogen (secondary N) is 1. The van der Waals surface area contributed by atoms with Crippen molar-refractivity contribution in [1.29, 1.82) is 0 Å². The molecule has 1 fully saturated rings. The van der Waals surface area contributed by atoms with Crippen molar-refractivity contribution in [2.45, 2.75) is 281 Å². The molecular formula is C48H95NO10. The van der Waals surface area contributed by atoms with Gasteiger partial charge in [-0.15, -0.1) is 0 Å². The van der Waals surface area contributed by atoms with Crippen molar-refractivity contribution in [3.8, 4) is 0 Å². The fourth-order valence-corrected chi connectivity index (χ4v) is 8.37. The second kappa shape index (κ2) is 37.6. The largest absolute Gasteiger partial charge is 0.394 e. The van der Waals surface area contributed by atoms with Gasteiger partial charge in [0.2, 0.25) is 5.91 Å². The number of unbranched alkanes of at least 4 members (excludes halogenated alkanes) is 27. The minimum Gasteiger partial charge on any atom is -0.394 e. The lowest BCUT2D eigenvalue weighted by Gasteiger charge is -2.40. The molecule has 0 bridgehead atoms. The molecular weight excluding hydrogens is 751 g/mol. The van der Waals surface area contributed by atoms with Crippen LogP contribution in [0.4, 0.5) is 0 Å². The number of hydrogen-bond donors (Lipinski definition) is 8. The highest BCUT2D eigenvalue weighted by molar-refractivity contribution is 5.80. The molecule has 1 unspecified atom stereocenters. The molecule has 0 saturated carbocycles. The Morgan fingerprint density at radius 1 is 0.576 bits per heavy atom. The van der Waals surface area contributed by atoms with Crippen LogP contribution >= 0.6 is 0 Å². The summed E-state index contributed by atoms with van der Waals surface area (Å²) < 4.78 is 11.1. The number of aliphatic hydroxyl groups is 7. The van der Waals surface area contributed by atoms with Gasteiger partial charge in [-0.25, -0.2) is 0 Å². The average molecular weight is 846 g/mol. The molecule has 10 atom stereocenters. The van der Waals surface area contributed by atoms with Crippen molar-refractivity contribution in [3.63, 3.8) is 0 Å². The number of amides is 1. The molecule has 11 nitrogen and oxygen atoms in total. The van der Waals surface area contributed by atoms with Crippen molar-refractivity contribution in [2.24, 2.45) is 5.92 Å². The average Bonchev–Trinajstić information content (AvgIpc) is 3.23. The van der Waals surface area contributed by atoms with E-state index in [9.17, 15) is 40.5 Å². The van der Waals surface area contributed by atoms with Gasteiger partial charge in [-0.2, -0.15) is 0 Å². The molecule has 0 aromatic carbocycles. The second-order valence-electron chi connectivity index (χ2n) is 18.2. The summed E-state index contributed by atoms with van der Waals surface area (Å²) >= 11 is 0. The van der Waals surface area contributed by atoms with Gasteiger partial charge in [0.1, 0.15) is 36.6 Å². The molecule has 1 heterocycles. The highest BCUT2D eigenvalue weighted by atomic mass is 16.7. The highest BCUT2D eigenvalue weighted by Crippen LogP contribution is 2.24. The quantitative estimate of drug-likeness (QED) is 0.0277. The van der Waals surface area contributed by atoms with Crippen molar-refractivity contribution >= 4 is 5.91 Å². The SMILES string of the molecule is CCCCCCCCCCCCCCCCCCCCCC[C@@H](O)C(=O)N[C@@H](CO[C@H]1O[C@H](CO)[C@@H](O)[C@H](O)[C@H]1O)[C@H](O)[C@H](O)CC(C)CCCCCCCCCCC. The van der Waals surface area contributed by atoms with E-state index in [2.05, 4.69) is 19.2 Å². The van der Waals surface area contributed by atoms with Gasteiger partial charge in [0.25, 0.3) is 0 Å². The van der Waals surface area contributed by atoms with Gasteiger partial charge in [0, 0.05) is 0 Å². The minimum atomic E-state index is -1.66. The lowest BCUT2D eigenvalue weighted by atomic mass is 9.92. The fraction of sp³-hybridized carbons (Fsp3) is 0.979. The van der Waals surface area contributed by atoms with E-state index in [1.807, 2.05) is 6.92 Å². The van der Waals surface area contributed by atoms with Gasteiger partial charge < -0.3 is 50.5 Å². The second-order valence-corrected chi connectivity index (χ2v) is 18.2. The van der Waals surface area contributed by atoms with Crippen LogP contribution in [0.25, 0.3) is 0 Å². The Kier molecular flexibility index (Phi) is 35.8. The predicted octanol–water partition coefficient (Wildman–Crippen LogP) is 8.53. The third kappa shape index (κ3) is 27.7. The van der Waals surface area contributed by atoms with E-state index < -0.39 is 74.2 Å². The number of rotatable bonds is 41. The first-order valence-corrected chi connectivity index (χ1v) is 24.8. The van der Waals surface area contributed by atoms with Crippen LogP contribution in [-0.2, 0) is 14.3 Å². The molecule has 0 aliphatic carbocycles. The third-order valence-corrected chi connectivity index (χ3v) is 12.5. The Morgan fingerprint density at radius 3 is 1.37 bits per heavy atom. The van der Waals surface area contributed by atoms with Gasteiger partial charge in [0.05, 0.1) is 25.4 Å². The van der Waals surface area contributed by atoms with Crippen LogP contribution in [0.2, 0.25) is 0 Å². The first-order chi connectivity index (χ1) is 28.6. The number of carbonyl (C=O) groups is 1. The maximum absolute atomic E-state index is 13.1. The van der Waals surface area contributed by atoms with Crippen LogP contribution in [0.15, 0.2) is 0 Å². The van der Waals surface area contributed by atoms with Crippen LogP contribution in [0, 0.1) is 5.92 Å². The van der Waals surface area contributed by atoms with Crippen LogP contribution in [0.1, 0.15) is 226 Å². The van der Waals surface area contributed by atoms with E-state index in [0.29, 0.717) is 12.8 Å². The summed E-state index contributed by atoms with van der Waals surface area (Å²) in [6, 6.07) is -1.17. The first kappa shape index (κ1) is 56.1. The van der Waals surface area contributed by atoms with E-state index in [1.54, 1.807) is 0 Å². The van der Waals surface area contributed by atoms with Crippen LogP contribution in [0.5, 0.6) is 0 Å². The van der Waals surface area contributed by atoms with Gasteiger partial charge in [-0.1, -0.05) is 213 Å². The zero-order chi connectivity index (χ0) is 43.5. The Hall–Kier alpha value is -0.890. The Balaban J connectivity index is 2.42. The lowest BCUT2D eigenvalue weighted by Crippen LogP contribution is -2.60. The molecule has 59 heavy (non-hydrogen) atoms. The van der Waals surface area contributed by atoms with E-state index in [-0.39, 0.29) is 12.3 Å². The Bertz CT molecular complexity index is 943. The van der Waals surface area contributed by atoms with Crippen molar-refractivity contribution in [1.82, 2.24) is 5.32 Å². The van der Waals surface area contributed by atoms with Crippen LogP contribution in [-0.4, -0.2) is 110 Å². The summed E-state index contributed by atoms with van der Waals surface area (Å²) in [6.45, 7) is 5.47. The number of ether oxygens (including phenoxy) is 2. The highest BCUT2D eigenvalue weighted by Gasteiger charge is 2.44. The molecule has 0 aromatic heterocycles. The lowest BCUT2D eigenvalue weighted by molar-refractivity contribution is -0.303. The molecule has 1 aliphatic rings. The van der Waals surface area contributed by atoms with E-state index >= 15 is 0 Å². The molecule has 1 aliphatic heterocycles. The third-order valence-electron chi connectivity index (χ3n) is 12.5. The number of hydrogen-bond acceptors (Lipinski definition) is 10. The molecule has 352 valence electrons. The molecule has 11 heteroatoms. The zero-order valence-corrected chi connectivity index (χ0v) is 38.2. The number of aliphatic hydroxyl groups excluding tert-OH is 7. The summed E-state index contributed by atoms with van der Waals surface area (Å²) in [5.74, 6) is -0.573. The normalized spacial score (nSPS) is 22.2. The summed E-state index contributed by atoms with van der Waals surface area (Å²) in [6.07, 6.45) is 26.4. The Morgan fingerprint density at radius 2 is 0.966 bits per heavy atom. The molecule has 1 rings (SSSR count).